The van der Waals surface area contributed by atoms with E-state index in [9.17, 15) is 9.59 Å². The SMILES string of the molecule is Cc1nc2ncnn2c(C)c1CCC(=O)N1CC(C(=O)N2CCCCC2)Oc2ccccc21. The molecule has 9 heteroatoms. The summed E-state index contributed by atoms with van der Waals surface area (Å²) in [6.07, 6.45) is 4.80. The zero-order valence-corrected chi connectivity index (χ0v) is 19.0. The molecule has 5 rings (SSSR count). The van der Waals surface area contributed by atoms with Crippen molar-refractivity contribution in [1.82, 2.24) is 24.5 Å². The molecule has 4 heterocycles. The van der Waals surface area contributed by atoms with Crippen LogP contribution < -0.4 is 9.64 Å². The predicted octanol–water partition coefficient (Wildman–Crippen LogP) is 2.48. The van der Waals surface area contributed by atoms with Crippen molar-refractivity contribution in [1.29, 1.82) is 0 Å². The Kier molecular flexibility index (Phi) is 5.70. The van der Waals surface area contributed by atoms with Crippen LogP contribution in [0.4, 0.5) is 5.69 Å². The second-order valence-corrected chi connectivity index (χ2v) is 8.70. The van der Waals surface area contributed by atoms with Gasteiger partial charge in [-0.3, -0.25) is 9.59 Å². The topological polar surface area (TPSA) is 92.9 Å². The monoisotopic (exact) mass is 448 g/mol. The summed E-state index contributed by atoms with van der Waals surface area (Å²) in [4.78, 5) is 38.8. The number of fused-ring (bicyclic) bond motifs is 2. The fourth-order valence-corrected chi connectivity index (χ4v) is 4.80. The first-order valence-corrected chi connectivity index (χ1v) is 11.5. The van der Waals surface area contributed by atoms with E-state index in [0.717, 1.165) is 49.3 Å². The maximum Gasteiger partial charge on any atom is 0.265 e. The Morgan fingerprint density at radius 2 is 1.91 bits per heavy atom. The van der Waals surface area contributed by atoms with Crippen LogP contribution in [-0.2, 0) is 16.0 Å². The molecule has 0 N–H and O–H groups in total. The summed E-state index contributed by atoms with van der Waals surface area (Å²) in [7, 11) is 0. The number of rotatable bonds is 4. The van der Waals surface area contributed by atoms with E-state index in [1.165, 1.54) is 6.33 Å². The van der Waals surface area contributed by atoms with Gasteiger partial charge in [0, 0.05) is 30.9 Å². The molecule has 1 unspecified atom stereocenters. The maximum absolute atomic E-state index is 13.4. The Bertz CT molecular complexity index is 1200. The molecule has 172 valence electrons. The van der Waals surface area contributed by atoms with E-state index in [-0.39, 0.29) is 18.4 Å². The minimum Gasteiger partial charge on any atom is -0.476 e. The number of aromatic nitrogens is 4. The zero-order chi connectivity index (χ0) is 22.9. The van der Waals surface area contributed by atoms with Gasteiger partial charge in [0.1, 0.15) is 12.1 Å². The number of para-hydroxylation sites is 2. The molecule has 2 aliphatic heterocycles. The number of carbonyl (C=O) groups is 2. The van der Waals surface area contributed by atoms with Crippen LogP contribution in [0.25, 0.3) is 5.78 Å². The molecule has 0 bridgehead atoms. The molecule has 1 aromatic carbocycles. The van der Waals surface area contributed by atoms with Gasteiger partial charge in [0.2, 0.25) is 5.91 Å². The highest BCUT2D eigenvalue weighted by atomic mass is 16.5. The lowest BCUT2D eigenvalue weighted by atomic mass is 10.0. The minimum absolute atomic E-state index is 0.0328. The van der Waals surface area contributed by atoms with Crippen molar-refractivity contribution in [3.05, 3.63) is 47.5 Å². The van der Waals surface area contributed by atoms with E-state index in [1.54, 1.807) is 9.42 Å². The first kappa shape index (κ1) is 21.4. The van der Waals surface area contributed by atoms with Crippen molar-refractivity contribution < 1.29 is 14.3 Å². The van der Waals surface area contributed by atoms with E-state index in [2.05, 4.69) is 15.1 Å². The number of amides is 2. The molecular formula is C24H28N6O3. The number of nitrogens with zero attached hydrogens (tertiary/aromatic N) is 6. The number of hydrogen-bond donors (Lipinski definition) is 0. The Labute approximate surface area is 192 Å². The van der Waals surface area contributed by atoms with Crippen LogP contribution >= 0.6 is 0 Å². The highest BCUT2D eigenvalue weighted by Gasteiger charge is 2.36. The van der Waals surface area contributed by atoms with Gasteiger partial charge in [-0.05, 0) is 57.2 Å². The first-order valence-electron chi connectivity index (χ1n) is 11.5. The normalized spacial score (nSPS) is 18.2. The van der Waals surface area contributed by atoms with Crippen molar-refractivity contribution >= 4 is 23.3 Å². The number of hydrogen-bond acceptors (Lipinski definition) is 6. The van der Waals surface area contributed by atoms with Crippen molar-refractivity contribution in [2.24, 2.45) is 0 Å². The van der Waals surface area contributed by atoms with Crippen molar-refractivity contribution in [2.45, 2.75) is 52.1 Å². The van der Waals surface area contributed by atoms with E-state index in [1.807, 2.05) is 43.0 Å². The number of aryl methyl sites for hydroxylation is 2. The van der Waals surface area contributed by atoms with E-state index < -0.39 is 6.10 Å². The van der Waals surface area contributed by atoms with Gasteiger partial charge in [0.05, 0.1) is 12.2 Å². The van der Waals surface area contributed by atoms with E-state index in [4.69, 9.17) is 4.74 Å². The molecule has 1 atom stereocenters. The Hall–Kier alpha value is -3.49. The lowest BCUT2D eigenvalue weighted by Gasteiger charge is -2.37. The molecule has 0 aliphatic carbocycles. The van der Waals surface area contributed by atoms with Gasteiger partial charge in [-0.2, -0.15) is 10.1 Å². The van der Waals surface area contributed by atoms with Crippen LogP contribution in [0.2, 0.25) is 0 Å². The average molecular weight is 449 g/mol. The summed E-state index contributed by atoms with van der Waals surface area (Å²) in [5, 5.41) is 4.23. The van der Waals surface area contributed by atoms with Crippen LogP contribution in [0.15, 0.2) is 30.6 Å². The molecule has 0 radical (unpaired) electrons. The number of carbonyl (C=O) groups excluding carboxylic acids is 2. The Morgan fingerprint density at radius 3 is 2.73 bits per heavy atom. The summed E-state index contributed by atoms with van der Waals surface area (Å²) in [5.41, 5.74) is 3.48. The predicted molar refractivity (Wildman–Crippen MR) is 122 cm³/mol. The molecule has 33 heavy (non-hydrogen) atoms. The Balaban J connectivity index is 1.36. The van der Waals surface area contributed by atoms with Crippen LogP contribution in [0.3, 0.4) is 0 Å². The van der Waals surface area contributed by atoms with Gasteiger partial charge < -0.3 is 14.5 Å². The van der Waals surface area contributed by atoms with Gasteiger partial charge in [-0.1, -0.05) is 12.1 Å². The van der Waals surface area contributed by atoms with E-state index >= 15 is 0 Å². The molecule has 2 aromatic heterocycles. The third-order valence-corrected chi connectivity index (χ3v) is 6.60. The minimum atomic E-state index is -0.682. The van der Waals surface area contributed by atoms with Crippen LogP contribution in [0.1, 0.15) is 42.6 Å². The van der Waals surface area contributed by atoms with Crippen molar-refractivity contribution in [3.8, 4) is 5.75 Å². The van der Waals surface area contributed by atoms with E-state index in [0.29, 0.717) is 30.1 Å². The average Bonchev–Trinajstić information content (AvgIpc) is 3.31. The van der Waals surface area contributed by atoms with Crippen LogP contribution in [-0.4, -0.2) is 62.0 Å². The highest BCUT2D eigenvalue weighted by molar-refractivity contribution is 5.97. The molecule has 0 saturated carbocycles. The van der Waals surface area contributed by atoms with Gasteiger partial charge in [0.15, 0.2) is 6.10 Å². The molecule has 9 nitrogen and oxygen atoms in total. The molecule has 0 spiro atoms. The molecular weight excluding hydrogens is 420 g/mol. The van der Waals surface area contributed by atoms with Crippen LogP contribution in [0.5, 0.6) is 5.75 Å². The zero-order valence-electron chi connectivity index (χ0n) is 19.0. The third kappa shape index (κ3) is 4.03. The molecule has 1 saturated heterocycles. The van der Waals surface area contributed by atoms with Crippen molar-refractivity contribution in [2.75, 3.05) is 24.5 Å². The van der Waals surface area contributed by atoms with Gasteiger partial charge in [-0.25, -0.2) is 9.50 Å². The largest absolute Gasteiger partial charge is 0.476 e. The molecule has 3 aromatic rings. The number of piperidine rings is 1. The number of likely N-dealkylation sites (tertiary alicyclic amines) is 1. The smallest absolute Gasteiger partial charge is 0.265 e. The second kappa shape index (κ2) is 8.80. The third-order valence-electron chi connectivity index (χ3n) is 6.60. The number of benzene rings is 1. The summed E-state index contributed by atoms with van der Waals surface area (Å²) in [5.74, 6) is 1.06. The lowest BCUT2D eigenvalue weighted by molar-refractivity contribution is -0.139. The molecule has 1 fully saturated rings. The van der Waals surface area contributed by atoms with Crippen LogP contribution in [0, 0.1) is 13.8 Å². The second-order valence-electron chi connectivity index (χ2n) is 8.70. The number of ether oxygens (including phenoxy) is 1. The van der Waals surface area contributed by atoms with Gasteiger partial charge in [-0.15, -0.1) is 0 Å². The molecule has 2 aliphatic rings. The Morgan fingerprint density at radius 1 is 1.12 bits per heavy atom. The maximum atomic E-state index is 13.4. The summed E-state index contributed by atoms with van der Waals surface area (Å²) < 4.78 is 7.75. The van der Waals surface area contributed by atoms with Crippen molar-refractivity contribution in [3.63, 3.8) is 0 Å². The quantitative estimate of drug-likeness (QED) is 0.609. The van der Waals surface area contributed by atoms with Gasteiger partial charge >= 0.3 is 0 Å². The first-order chi connectivity index (χ1) is 16.0. The van der Waals surface area contributed by atoms with Gasteiger partial charge in [0.25, 0.3) is 11.7 Å². The fraction of sp³-hybridized carbons (Fsp3) is 0.458. The molecule has 2 amide bonds. The lowest BCUT2D eigenvalue weighted by Crippen LogP contribution is -2.52. The highest BCUT2D eigenvalue weighted by Crippen LogP contribution is 2.34. The number of anilines is 1. The summed E-state index contributed by atoms with van der Waals surface area (Å²) in [6, 6.07) is 7.43. The fourth-order valence-electron chi connectivity index (χ4n) is 4.80. The summed E-state index contributed by atoms with van der Waals surface area (Å²) in [6.45, 7) is 5.63. The summed E-state index contributed by atoms with van der Waals surface area (Å²) >= 11 is 0. The standard InChI is InChI=1S/C24H28N6O3/c1-16-18(17(2)30-24(27-16)25-15-26-30)10-11-22(31)29-14-21(23(32)28-12-6-3-7-13-28)33-20-9-5-4-8-19(20)29/h4-5,8-9,15,21H,3,6-7,10-14H2,1-2H3.